The number of carbonyl (C=O) groups excluding carboxylic acids is 2. The number of morpholine rings is 1. The minimum atomic E-state index is -0.141. The zero-order valence-electron chi connectivity index (χ0n) is 8.57. The molecule has 0 bridgehead atoms. The molecule has 2 fully saturated rings. The highest BCUT2D eigenvalue weighted by atomic mass is 16.5. The van der Waals surface area contributed by atoms with Gasteiger partial charge in [0.1, 0.15) is 0 Å². The molecule has 6 heteroatoms. The number of piperazine rings is 1. The van der Waals surface area contributed by atoms with Crippen LogP contribution < -0.4 is 5.32 Å². The second-order valence-electron chi connectivity index (χ2n) is 3.69. The average Bonchev–Trinajstić information content (AvgIpc) is 2.25. The molecule has 0 aliphatic carbocycles. The van der Waals surface area contributed by atoms with Crippen LogP contribution in [0.2, 0.25) is 0 Å². The van der Waals surface area contributed by atoms with Crippen LogP contribution in [0.1, 0.15) is 0 Å². The van der Waals surface area contributed by atoms with Gasteiger partial charge in [-0.3, -0.25) is 24.7 Å². The van der Waals surface area contributed by atoms with E-state index in [1.807, 2.05) is 0 Å². The normalized spacial score (nSPS) is 24.7. The largest absolute Gasteiger partial charge is 0.379 e. The maximum Gasteiger partial charge on any atom is 0.244 e. The van der Waals surface area contributed by atoms with Crippen molar-refractivity contribution in [3.05, 3.63) is 0 Å². The lowest BCUT2D eigenvalue weighted by Crippen LogP contribution is -2.56. The first-order valence-corrected chi connectivity index (χ1v) is 5.11. The molecule has 2 amide bonds. The Morgan fingerprint density at radius 3 is 2.33 bits per heavy atom. The minimum absolute atomic E-state index is 0.141. The van der Waals surface area contributed by atoms with Crippen LogP contribution in [-0.4, -0.2) is 67.7 Å². The predicted molar refractivity (Wildman–Crippen MR) is 52.0 cm³/mol. The molecule has 0 aromatic heterocycles. The topological polar surface area (TPSA) is 61.9 Å². The van der Waals surface area contributed by atoms with Gasteiger partial charge in [-0.25, -0.2) is 0 Å². The van der Waals surface area contributed by atoms with E-state index in [4.69, 9.17) is 4.74 Å². The number of nitrogens with zero attached hydrogens (tertiary/aromatic N) is 2. The Morgan fingerprint density at radius 1 is 1.13 bits per heavy atom. The highest BCUT2D eigenvalue weighted by molar-refractivity contribution is 5.99. The van der Waals surface area contributed by atoms with Crippen LogP contribution in [-0.2, 0) is 14.3 Å². The van der Waals surface area contributed by atoms with Gasteiger partial charge in [0.05, 0.1) is 33.0 Å². The highest BCUT2D eigenvalue weighted by Gasteiger charge is 2.27. The molecule has 2 aliphatic heterocycles. The van der Waals surface area contributed by atoms with Crippen molar-refractivity contribution in [1.29, 1.82) is 0 Å². The van der Waals surface area contributed by atoms with Crippen molar-refractivity contribution < 1.29 is 14.3 Å². The first kappa shape index (κ1) is 10.5. The molecule has 6 nitrogen and oxygen atoms in total. The Bertz CT molecular complexity index is 247. The third kappa shape index (κ3) is 2.53. The van der Waals surface area contributed by atoms with Gasteiger partial charge in [-0.15, -0.1) is 0 Å². The zero-order valence-corrected chi connectivity index (χ0v) is 8.57. The number of ether oxygens (including phenoxy) is 1. The molecule has 15 heavy (non-hydrogen) atoms. The Balaban J connectivity index is 1.90. The molecule has 0 atom stereocenters. The average molecular weight is 213 g/mol. The fourth-order valence-corrected chi connectivity index (χ4v) is 1.71. The third-order valence-electron chi connectivity index (χ3n) is 2.60. The van der Waals surface area contributed by atoms with Crippen LogP contribution in [0.15, 0.2) is 0 Å². The van der Waals surface area contributed by atoms with E-state index in [-0.39, 0.29) is 24.9 Å². The van der Waals surface area contributed by atoms with Gasteiger partial charge in [-0.1, -0.05) is 0 Å². The summed E-state index contributed by atoms with van der Waals surface area (Å²) in [4.78, 5) is 26.3. The van der Waals surface area contributed by atoms with Gasteiger partial charge in [0.15, 0.2) is 0 Å². The molecule has 2 rings (SSSR count). The number of imide groups is 1. The third-order valence-corrected chi connectivity index (χ3v) is 2.60. The molecule has 2 heterocycles. The Kier molecular flexibility index (Phi) is 3.30. The van der Waals surface area contributed by atoms with E-state index in [0.29, 0.717) is 19.9 Å². The molecule has 0 spiro atoms. The second kappa shape index (κ2) is 4.69. The fraction of sp³-hybridized carbons (Fsp3) is 0.778. The summed E-state index contributed by atoms with van der Waals surface area (Å²) in [6.07, 6.45) is 0. The number of carbonyl (C=O) groups is 2. The number of rotatable bonds is 2. The van der Waals surface area contributed by atoms with E-state index in [9.17, 15) is 9.59 Å². The van der Waals surface area contributed by atoms with Gasteiger partial charge in [-0.05, 0) is 0 Å². The number of hydrogen-bond acceptors (Lipinski definition) is 5. The van der Waals surface area contributed by atoms with Crippen LogP contribution in [0.25, 0.3) is 0 Å². The van der Waals surface area contributed by atoms with Gasteiger partial charge in [-0.2, -0.15) is 0 Å². The number of hydrogen-bond donors (Lipinski definition) is 1. The summed E-state index contributed by atoms with van der Waals surface area (Å²) in [6, 6.07) is 0. The van der Waals surface area contributed by atoms with E-state index in [0.717, 1.165) is 13.1 Å². The summed E-state index contributed by atoms with van der Waals surface area (Å²) in [7, 11) is 0. The van der Waals surface area contributed by atoms with Gasteiger partial charge in [0, 0.05) is 13.1 Å². The molecule has 0 unspecified atom stereocenters. The molecule has 1 N–H and O–H groups in total. The van der Waals surface area contributed by atoms with Crippen molar-refractivity contribution in [3.63, 3.8) is 0 Å². The maximum atomic E-state index is 11.5. The highest BCUT2D eigenvalue weighted by Crippen LogP contribution is 2.02. The van der Waals surface area contributed by atoms with Crippen LogP contribution in [0.3, 0.4) is 0 Å². The van der Waals surface area contributed by atoms with E-state index in [1.54, 1.807) is 0 Å². The van der Waals surface area contributed by atoms with E-state index >= 15 is 0 Å². The summed E-state index contributed by atoms with van der Waals surface area (Å²) in [5.41, 5.74) is 0. The van der Waals surface area contributed by atoms with Crippen LogP contribution in [0.4, 0.5) is 0 Å². The first-order valence-electron chi connectivity index (χ1n) is 5.11. The van der Waals surface area contributed by atoms with Crippen LogP contribution in [0, 0.1) is 0 Å². The maximum absolute atomic E-state index is 11.5. The molecule has 0 radical (unpaired) electrons. The molecule has 2 aliphatic rings. The lowest BCUT2D eigenvalue weighted by molar-refractivity contribution is -0.150. The van der Waals surface area contributed by atoms with E-state index < -0.39 is 0 Å². The molecule has 0 aromatic rings. The summed E-state index contributed by atoms with van der Waals surface area (Å²) in [5.74, 6) is -0.282. The van der Waals surface area contributed by atoms with Crippen molar-refractivity contribution >= 4 is 11.8 Å². The summed E-state index contributed by atoms with van der Waals surface area (Å²) in [5, 5.41) is 2.77. The van der Waals surface area contributed by atoms with Gasteiger partial charge in [0.2, 0.25) is 11.8 Å². The van der Waals surface area contributed by atoms with E-state index in [1.165, 1.54) is 4.90 Å². The predicted octanol–water partition coefficient (Wildman–Crippen LogP) is -1.77. The first-order chi connectivity index (χ1) is 7.27. The van der Waals surface area contributed by atoms with Gasteiger partial charge < -0.3 is 4.74 Å². The lowest BCUT2D eigenvalue weighted by atomic mass is 10.3. The number of amides is 2. The van der Waals surface area contributed by atoms with Crippen molar-refractivity contribution in [1.82, 2.24) is 15.1 Å². The minimum Gasteiger partial charge on any atom is -0.379 e. The summed E-state index contributed by atoms with van der Waals surface area (Å²) in [6.45, 7) is 3.84. The smallest absolute Gasteiger partial charge is 0.244 e. The molecule has 0 aromatic carbocycles. The molecular formula is C9H15N3O3. The van der Waals surface area contributed by atoms with Crippen molar-refractivity contribution in [2.45, 2.75) is 0 Å². The SMILES string of the molecule is O=C1CNCC(=O)N1CN1CCOCC1. The number of nitrogens with one attached hydrogen (secondary N) is 1. The van der Waals surface area contributed by atoms with Crippen molar-refractivity contribution in [3.8, 4) is 0 Å². The molecular weight excluding hydrogens is 198 g/mol. The zero-order chi connectivity index (χ0) is 10.7. The Hall–Kier alpha value is -0.980. The van der Waals surface area contributed by atoms with Gasteiger partial charge >= 0.3 is 0 Å². The lowest BCUT2D eigenvalue weighted by Gasteiger charge is -2.33. The van der Waals surface area contributed by atoms with Gasteiger partial charge in [0.25, 0.3) is 0 Å². The fourth-order valence-electron chi connectivity index (χ4n) is 1.71. The molecule has 84 valence electrons. The van der Waals surface area contributed by atoms with Crippen LogP contribution in [0.5, 0.6) is 0 Å². The summed E-state index contributed by atoms with van der Waals surface area (Å²) < 4.78 is 5.20. The summed E-state index contributed by atoms with van der Waals surface area (Å²) >= 11 is 0. The Morgan fingerprint density at radius 2 is 1.73 bits per heavy atom. The van der Waals surface area contributed by atoms with Crippen molar-refractivity contribution in [2.75, 3.05) is 46.1 Å². The standard InChI is InChI=1S/C9H15N3O3/c13-8-5-10-6-9(14)12(8)7-11-1-3-15-4-2-11/h10H,1-7H2. The molecule has 0 saturated carbocycles. The Labute approximate surface area is 88.2 Å². The van der Waals surface area contributed by atoms with Crippen LogP contribution >= 0.6 is 0 Å². The monoisotopic (exact) mass is 213 g/mol. The van der Waals surface area contributed by atoms with Crippen molar-refractivity contribution in [2.24, 2.45) is 0 Å². The molecule has 2 saturated heterocycles. The quantitative estimate of drug-likeness (QED) is 0.550. The van der Waals surface area contributed by atoms with E-state index in [2.05, 4.69) is 10.2 Å². The second-order valence-corrected chi connectivity index (χ2v) is 3.69.